The molecule has 2 heterocycles. The van der Waals surface area contributed by atoms with Crippen LogP contribution < -0.4 is 5.32 Å². The third-order valence-electron chi connectivity index (χ3n) is 3.84. The average molecular weight is 266 g/mol. The van der Waals surface area contributed by atoms with E-state index in [0.717, 1.165) is 13.1 Å². The average Bonchev–Trinajstić information content (AvgIpc) is 2.69. The molecule has 0 aliphatic carbocycles. The van der Waals surface area contributed by atoms with Crippen LogP contribution in [-0.2, 0) is 6.54 Å². The van der Waals surface area contributed by atoms with E-state index < -0.39 is 0 Å². The lowest BCUT2D eigenvalue weighted by Gasteiger charge is -2.38. The molecule has 1 aromatic rings. The van der Waals surface area contributed by atoms with Crippen LogP contribution in [0.3, 0.4) is 0 Å². The molecule has 1 aromatic heterocycles. The number of thiophene rings is 1. The van der Waals surface area contributed by atoms with Crippen LogP contribution >= 0.6 is 11.3 Å². The van der Waals surface area contributed by atoms with Gasteiger partial charge < -0.3 is 10.2 Å². The van der Waals surface area contributed by atoms with Crippen molar-refractivity contribution in [3.05, 3.63) is 21.9 Å². The number of piperidine rings is 1. The van der Waals surface area contributed by atoms with E-state index in [4.69, 9.17) is 0 Å². The van der Waals surface area contributed by atoms with Crippen LogP contribution in [0.5, 0.6) is 0 Å². The summed E-state index contributed by atoms with van der Waals surface area (Å²) in [4.78, 5) is 4.09. The molecule has 102 valence electrons. The van der Waals surface area contributed by atoms with Gasteiger partial charge in [-0.05, 0) is 48.7 Å². The maximum absolute atomic E-state index is 3.57. The predicted molar refractivity (Wildman–Crippen MR) is 80.2 cm³/mol. The van der Waals surface area contributed by atoms with Crippen LogP contribution in [0.4, 0.5) is 0 Å². The van der Waals surface area contributed by atoms with E-state index in [-0.39, 0.29) is 0 Å². The first kappa shape index (κ1) is 14.0. The maximum atomic E-state index is 3.57. The summed E-state index contributed by atoms with van der Waals surface area (Å²) in [6.45, 7) is 12.8. The lowest BCUT2D eigenvalue weighted by Crippen LogP contribution is -2.42. The van der Waals surface area contributed by atoms with Gasteiger partial charge in [0.05, 0.1) is 0 Å². The molecule has 0 amide bonds. The standard InChI is InChI=1S/C15H26N2S/c1-13-5-10-18-14(13)11-16-7-9-17-8-4-6-15(2,3)12-17/h5,10,16H,4,6-9,11-12H2,1-3H3. The number of rotatable bonds is 5. The van der Waals surface area contributed by atoms with Gasteiger partial charge in [-0.1, -0.05) is 13.8 Å². The SMILES string of the molecule is Cc1ccsc1CNCCN1CCCC(C)(C)C1. The Bertz CT molecular complexity index is 370. The second-order valence-electron chi connectivity index (χ2n) is 6.25. The van der Waals surface area contributed by atoms with Gasteiger partial charge in [0, 0.05) is 31.1 Å². The lowest BCUT2D eigenvalue weighted by molar-refractivity contribution is 0.118. The van der Waals surface area contributed by atoms with Crippen LogP contribution in [0.2, 0.25) is 0 Å². The van der Waals surface area contributed by atoms with Crippen LogP contribution in [0.15, 0.2) is 11.4 Å². The first-order valence-electron chi connectivity index (χ1n) is 7.03. The van der Waals surface area contributed by atoms with Gasteiger partial charge in [0.15, 0.2) is 0 Å². The third-order valence-corrected chi connectivity index (χ3v) is 4.86. The molecule has 0 radical (unpaired) electrons. The molecule has 0 aromatic carbocycles. The van der Waals surface area contributed by atoms with Gasteiger partial charge >= 0.3 is 0 Å². The first-order valence-corrected chi connectivity index (χ1v) is 7.91. The molecule has 1 N–H and O–H groups in total. The Balaban J connectivity index is 1.65. The van der Waals surface area contributed by atoms with Crippen LogP contribution in [0.1, 0.15) is 37.1 Å². The zero-order valence-corrected chi connectivity index (χ0v) is 12.8. The molecule has 0 saturated carbocycles. The summed E-state index contributed by atoms with van der Waals surface area (Å²) in [7, 11) is 0. The fourth-order valence-corrected chi connectivity index (χ4v) is 3.64. The minimum Gasteiger partial charge on any atom is -0.311 e. The zero-order chi connectivity index (χ0) is 13.0. The molecular weight excluding hydrogens is 240 g/mol. The quantitative estimate of drug-likeness (QED) is 0.823. The molecule has 1 fully saturated rings. The monoisotopic (exact) mass is 266 g/mol. The molecule has 1 aliphatic heterocycles. The Kier molecular flexibility index (Phi) is 4.82. The number of likely N-dealkylation sites (tertiary alicyclic amines) is 1. The van der Waals surface area contributed by atoms with E-state index in [2.05, 4.69) is 42.4 Å². The molecule has 0 spiro atoms. The van der Waals surface area contributed by atoms with Crippen LogP contribution in [0.25, 0.3) is 0 Å². The molecule has 2 nitrogen and oxygen atoms in total. The largest absolute Gasteiger partial charge is 0.311 e. The molecule has 1 saturated heterocycles. The van der Waals surface area contributed by atoms with Gasteiger partial charge in [-0.15, -0.1) is 11.3 Å². The number of aryl methyl sites for hydroxylation is 1. The van der Waals surface area contributed by atoms with E-state index in [0.29, 0.717) is 5.41 Å². The highest BCUT2D eigenvalue weighted by atomic mass is 32.1. The minimum absolute atomic E-state index is 0.516. The predicted octanol–water partition coefficient (Wildman–Crippen LogP) is 3.27. The van der Waals surface area contributed by atoms with Crippen LogP contribution in [-0.4, -0.2) is 31.1 Å². The minimum atomic E-state index is 0.516. The summed E-state index contributed by atoms with van der Waals surface area (Å²) < 4.78 is 0. The number of hydrogen-bond acceptors (Lipinski definition) is 3. The van der Waals surface area contributed by atoms with Gasteiger partial charge in [-0.3, -0.25) is 0 Å². The molecule has 0 unspecified atom stereocenters. The van der Waals surface area contributed by atoms with E-state index in [9.17, 15) is 0 Å². The summed E-state index contributed by atoms with van der Waals surface area (Å²) in [6.07, 6.45) is 2.74. The second-order valence-corrected chi connectivity index (χ2v) is 7.25. The highest BCUT2D eigenvalue weighted by molar-refractivity contribution is 7.10. The Morgan fingerprint density at radius 3 is 2.94 bits per heavy atom. The smallest absolute Gasteiger partial charge is 0.0302 e. The fraction of sp³-hybridized carbons (Fsp3) is 0.733. The van der Waals surface area contributed by atoms with Crippen molar-refractivity contribution in [1.82, 2.24) is 10.2 Å². The molecule has 3 heteroatoms. The van der Waals surface area contributed by atoms with Crippen molar-refractivity contribution in [2.45, 2.75) is 40.2 Å². The van der Waals surface area contributed by atoms with Crippen molar-refractivity contribution in [3.63, 3.8) is 0 Å². The van der Waals surface area contributed by atoms with E-state index in [1.54, 1.807) is 0 Å². The number of hydrogen-bond donors (Lipinski definition) is 1. The zero-order valence-electron chi connectivity index (χ0n) is 12.0. The van der Waals surface area contributed by atoms with Gasteiger partial charge in [-0.25, -0.2) is 0 Å². The van der Waals surface area contributed by atoms with Crippen molar-refractivity contribution >= 4 is 11.3 Å². The van der Waals surface area contributed by atoms with Crippen molar-refractivity contribution < 1.29 is 0 Å². The fourth-order valence-electron chi connectivity index (χ4n) is 2.76. The van der Waals surface area contributed by atoms with E-state index in [1.165, 1.54) is 42.9 Å². The second kappa shape index (κ2) is 6.18. The molecule has 18 heavy (non-hydrogen) atoms. The first-order chi connectivity index (χ1) is 8.57. The molecule has 1 aliphatic rings. The molecule has 0 bridgehead atoms. The number of nitrogens with zero attached hydrogens (tertiary/aromatic N) is 1. The normalized spacial score (nSPS) is 20.2. The van der Waals surface area contributed by atoms with Crippen molar-refractivity contribution in [3.8, 4) is 0 Å². The highest BCUT2D eigenvalue weighted by Gasteiger charge is 2.25. The van der Waals surface area contributed by atoms with Crippen molar-refractivity contribution in [2.24, 2.45) is 5.41 Å². The Labute approximate surface area is 115 Å². The van der Waals surface area contributed by atoms with E-state index in [1.807, 2.05) is 11.3 Å². The summed E-state index contributed by atoms with van der Waals surface area (Å²) in [5, 5.41) is 5.75. The topological polar surface area (TPSA) is 15.3 Å². The third kappa shape index (κ3) is 4.08. The number of nitrogens with one attached hydrogen (secondary N) is 1. The van der Waals surface area contributed by atoms with E-state index >= 15 is 0 Å². The Hall–Kier alpha value is -0.380. The van der Waals surface area contributed by atoms with Crippen molar-refractivity contribution in [2.75, 3.05) is 26.2 Å². The van der Waals surface area contributed by atoms with Gasteiger partial charge in [0.1, 0.15) is 0 Å². The summed E-state index contributed by atoms with van der Waals surface area (Å²) >= 11 is 1.86. The molecule has 2 rings (SSSR count). The highest BCUT2D eigenvalue weighted by Crippen LogP contribution is 2.27. The van der Waals surface area contributed by atoms with Gasteiger partial charge in [0.2, 0.25) is 0 Å². The maximum Gasteiger partial charge on any atom is 0.0302 e. The summed E-state index contributed by atoms with van der Waals surface area (Å²) in [6, 6.07) is 2.20. The summed E-state index contributed by atoms with van der Waals surface area (Å²) in [5.41, 5.74) is 1.94. The van der Waals surface area contributed by atoms with Crippen LogP contribution in [0, 0.1) is 12.3 Å². The van der Waals surface area contributed by atoms with Gasteiger partial charge in [0.25, 0.3) is 0 Å². The summed E-state index contributed by atoms with van der Waals surface area (Å²) in [5.74, 6) is 0. The molecular formula is C15H26N2S. The Morgan fingerprint density at radius 2 is 2.28 bits per heavy atom. The Morgan fingerprint density at radius 1 is 1.44 bits per heavy atom. The lowest BCUT2D eigenvalue weighted by atomic mass is 9.84. The molecule has 0 atom stereocenters. The van der Waals surface area contributed by atoms with Crippen molar-refractivity contribution in [1.29, 1.82) is 0 Å². The van der Waals surface area contributed by atoms with Gasteiger partial charge in [-0.2, -0.15) is 0 Å².